The second-order valence-electron chi connectivity index (χ2n) is 13.8. The number of aryl methyl sites for hydroxylation is 2. The Morgan fingerprint density at radius 2 is 1.72 bits per heavy atom. The summed E-state index contributed by atoms with van der Waals surface area (Å²) in [6.07, 6.45) is 2.10. The Balaban J connectivity index is 1.32. The fraction of sp³-hybridized carbons (Fsp3) is 0.385. The molecule has 0 aliphatic carbocycles. The first-order chi connectivity index (χ1) is 25.5. The van der Waals surface area contributed by atoms with E-state index < -0.39 is 60.8 Å². The summed E-state index contributed by atoms with van der Waals surface area (Å²) in [5.74, 6) is -1.71. The summed E-state index contributed by atoms with van der Waals surface area (Å²) in [6, 6.07) is 15.2. The normalized spacial score (nSPS) is 18.3. The molecule has 54 heavy (non-hydrogen) atoms. The number of halogens is 2. The van der Waals surface area contributed by atoms with Gasteiger partial charge in [0.15, 0.2) is 0 Å². The molecule has 3 aromatic carbocycles. The number of amides is 4. The second kappa shape index (κ2) is 16.7. The summed E-state index contributed by atoms with van der Waals surface area (Å²) in [6.45, 7) is 5.67. The highest BCUT2D eigenvalue weighted by Crippen LogP contribution is 2.59. The number of anilines is 1. The van der Waals surface area contributed by atoms with Gasteiger partial charge >= 0.3 is 13.3 Å². The summed E-state index contributed by atoms with van der Waals surface area (Å²) >= 11 is 0. The quantitative estimate of drug-likeness (QED) is 0.117. The third-order valence-electron chi connectivity index (χ3n) is 9.92. The van der Waals surface area contributed by atoms with Crippen LogP contribution in [0.5, 0.6) is 0 Å². The van der Waals surface area contributed by atoms with E-state index in [0.29, 0.717) is 36.3 Å². The SMILES string of the molecule is CNC(=O)CC[C@H](NC(=O)[C@@H]1Cc2cccc3c2N1C(=O)[C@@H](NC(=O)/C=C(\C)c1ccc(C(F)(F)P(=O)(O)O)cc1)CC3)[C@@H](C)OCc1ccc(C)cc1. The van der Waals surface area contributed by atoms with Gasteiger partial charge in [-0.25, -0.2) is 0 Å². The van der Waals surface area contributed by atoms with E-state index in [1.54, 1.807) is 6.92 Å². The van der Waals surface area contributed by atoms with Crippen LogP contribution < -0.4 is 20.9 Å². The molecule has 5 N–H and O–H groups in total. The van der Waals surface area contributed by atoms with Crippen LogP contribution in [-0.2, 0) is 53.6 Å². The zero-order chi connectivity index (χ0) is 39.4. The van der Waals surface area contributed by atoms with Gasteiger partial charge in [-0.1, -0.05) is 72.3 Å². The van der Waals surface area contributed by atoms with Crippen LogP contribution in [0, 0.1) is 6.92 Å². The third kappa shape index (κ3) is 9.12. The number of alkyl halides is 2. The summed E-state index contributed by atoms with van der Waals surface area (Å²) in [4.78, 5) is 73.4. The van der Waals surface area contributed by atoms with E-state index in [1.165, 1.54) is 30.2 Å². The first-order valence-corrected chi connectivity index (χ1v) is 19.3. The number of ether oxygens (including phenoxy) is 1. The lowest BCUT2D eigenvalue weighted by atomic mass is 10.0. The van der Waals surface area contributed by atoms with Crippen molar-refractivity contribution in [2.75, 3.05) is 11.9 Å². The Bertz CT molecular complexity index is 1970. The largest absolute Gasteiger partial charge is 0.399 e. The van der Waals surface area contributed by atoms with Crippen LogP contribution in [0.3, 0.4) is 0 Å². The molecule has 0 bridgehead atoms. The average Bonchev–Trinajstić information content (AvgIpc) is 3.48. The summed E-state index contributed by atoms with van der Waals surface area (Å²) in [5, 5.41) is 8.42. The maximum Gasteiger partial charge on any atom is 0.399 e. The van der Waals surface area contributed by atoms with Crippen LogP contribution in [0.1, 0.15) is 66.5 Å². The molecule has 3 aromatic rings. The van der Waals surface area contributed by atoms with Crippen molar-refractivity contribution in [2.24, 2.45) is 0 Å². The van der Waals surface area contributed by atoms with E-state index in [9.17, 15) is 32.5 Å². The van der Waals surface area contributed by atoms with E-state index in [0.717, 1.165) is 34.4 Å². The minimum Gasteiger partial charge on any atom is -0.372 e. The number of para-hydroxylation sites is 1. The van der Waals surface area contributed by atoms with E-state index >= 15 is 0 Å². The first kappa shape index (κ1) is 40.4. The van der Waals surface area contributed by atoms with Crippen molar-refractivity contribution >= 4 is 42.5 Å². The highest BCUT2D eigenvalue weighted by Gasteiger charge is 2.50. The van der Waals surface area contributed by atoms with Crippen LogP contribution in [0.15, 0.2) is 72.8 Å². The Morgan fingerprint density at radius 3 is 2.37 bits per heavy atom. The number of hydrogen-bond donors (Lipinski definition) is 5. The number of allylic oxidation sites excluding steroid dienone is 1. The molecule has 0 unspecified atom stereocenters. The monoisotopic (exact) mass is 766 g/mol. The highest BCUT2D eigenvalue weighted by molar-refractivity contribution is 7.52. The van der Waals surface area contributed by atoms with Gasteiger partial charge in [-0.3, -0.25) is 28.6 Å². The maximum atomic E-state index is 14.2. The van der Waals surface area contributed by atoms with Crippen LogP contribution >= 0.6 is 7.60 Å². The number of rotatable bonds is 14. The second-order valence-corrected chi connectivity index (χ2v) is 15.4. The van der Waals surface area contributed by atoms with Gasteiger partial charge in [0.1, 0.15) is 12.1 Å². The van der Waals surface area contributed by atoms with Crippen molar-refractivity contribution in [3.63, 3.8) is 0 Å². The molecule has 0 saturated heterocycles. The third-order valence-corrected chi connectivity index (χ3v) is 10.9. The van der Waals surface area contributed by atoms with E-state index in [4.69, 9.17) is 14.5 Å². The number of hydrogen-bond acceptors (Lipinski definition) is 6. The van der Waals surface area contributed by atoms with Crippen molar-refractivity contribution in [3.05, 3.63) is 106 Å². The molecule has 15 heteroatoms. The van der Waals surface area contributed by atoms with Crippen molar-refractivity contribution in [3.8, 4) is 0 Å². The standard InChI is InChI=1S/C39H45F2N4O8P/c1-23-8-10-26(11-9-23)22-53-25(3)31(18-19-34(46)42-4)44-37(48)33-21-29-7-5-6-28-14-17-32(38(49)45(33)36(28)29)43-35(47)20-24(2)27-12-15-30(16-13-27)39(40,41)54(50,51)52/h5-13,15-16,20,25,31-33H,14,17-19,21-22H2,1-4H3,(H,42,46)(H,43,47)(H,44,48)(H2,50,51,52)/b24-20+/t25-,31+,32+,33+/m1/s1. The molecular formula is C39H45F2N4O8P. The Morgan fingerprint density at radius 1 is 1.06 bits per heavy atom. The van der Waals surface area contributed by atoms with Gasteiger partial charge in [-0.2, -0.15) is 8.78 Å². The number of carbonyl (C=O) groups is 4. The maximum absolute atomic E-state index is 14.2. The first-order valence-electron chi connectivity index (χ1n) is 17.6. The van der Waals surface area contributed by atoms with E-state index in [1.807, 2.05) is 56.3 Å². The van der Waals surface area contributed by atoms with Crippen LogP contribution in [0.2, 0.25) is 0 Å². The van der Waals surface area contributed by atoms with Gasteiger partial charge in [-0.15, -0.1) is 0 Å². The Hall–Kier alpha value is -4.75. The molecule has 288 valence electrons. The summed E-state index contributed by atoms with van der Waals surface area (Å²) < 4.78 is 45.7. The number of carbonyl (C=O) groups excluding carboxylic acids is 4. The van der Waals surface area contributed by atoms with Gasteiger partial charge in [0.2, 0.25) is 23.6 Å². The molecule has 12 nitrogen and oxygen atoms in total. The lowest BCUT2D eigenvalue weighted by Crippen LogP contribution is -2.56. The molecule has 0 saturated carbocycles. The lowest BCUT2D eigenvalue weighted by molar-refractivity contribution is -0.129. The zero-order valence-corrected chi connectivity index (χ0v) is 31.4. The topological polar surface area (TPSA) is 174 Å². The molecule has 0 spiro atoms. The number of benzene rings is 3. The number of nitrogens with one attached hydrogen (secondary N) is 3. The molecule has 0 radical (unpaired) electrons. The zero-order valence-electron chi connectivity index (χ0n) is 30.5. The van der Waals surface area contributed by atoms with Crippen LogP contribution in [0.4, 0.5) is 14.5 Å². The molecule has 2 aliphatic heterocycles. The predicted molar refractivity (Wildman–Crippen MR) is 198 cm³/mol. The van der Waals surface area contributed by atoms with Crippen molar-refractivity contribution in [2.45, 2.75) is 89.4 Å². The molecule has 2 aliphatic rings. The van der Waals surface area contributed by atoms with Crippen LogP contribution in [-0.4, -0.2) is 64.7 Å². The summed E-state index contributed by atoms with van der Waals surface area (Å²) in [7, 11) is -4.21. The molecule has 5 rings (SSSR count). The van der Waals surface area contributed by atoms with Gasteiger partial charge in [0.05, 0.1) is 24.4 Å². The smallest absolute Gasteiger partial charge is 0.372 e. The molecule has 0 fully saturated rings. The predicted octanol–water partition coefficient (Wildman–Crippen LogP) is 4.63. The van der Waals surface area contributed by atoms with Gasteiger partial charge in [-0.05, 0) is 67.9 Å². The Labute approximate surface area is 312 Å². The fourth-order valence-corrected chi connectivity index (χ4v) is 7.20. The van der Waals surface area contributed by atoms with Crippen molar-refractivity contribution in [1.29, 1.82) is 0 Å². The average molecular weight is 767 g/mol. The van der Waals surface area contributed by atoms with Gasteiger partial charge in [0, 0.05) is 31.5 Å². The molecule has 4 amide bonds. The molecule has 0 aromatic heterocycles. The molecule has 4 atom stereocenters. The van der Waals surface area contributed by atoms with Crippen molar-refractivity contribution in [1.82, 2.24) is 16.0 Å². The van der Waals surface area contributed by atoms with Crippen molar-refractivity contribution < 1.29 is 47.0 Å². The minimum atomic E-state index is -5.75. The van der Waals surface area contributed by atoms with Gasteiger partial charge in [0.25, 0.3) is 0 Å². The minimum absolute atomic E-state index is 0.141. The van der Waals surface area contributed by atoms with E-state index in [-0.39, 0.29) is 25.2 Å². The summed E-state index contributed by atoms with van der Waals surface area (Å²) in [5.41, 5.74) is -0.153. The molecular weight excluding hydrogens is 721 g/mol. The van der Waals surface area contributed by atoms with Gasteiger partial charge < -0.3 is 30.5 Å². The Kier molecular flexibility index (Phi) is 12.5. The number of nitrogens with zero attached hydrogens (tertiary/aromatic N) is 1. The highest BCUT2D eigenvalue weighted by atomic mass is 31.2. The molecule has 2 heterocycles. The fourth-order valence-electron chi connectivity index (χ4n) is 6.71. The van der Waals surface area contributed by atoms with E-state index in [2.05, 4.69) is 16.0 Å². The van der Waals surface area contributed by atoms with Crippen LogP contribution in [0.25, 0.3) is 5.57 Å². The lowest BCUT2D eigenvalue weighted by Gasteiger charge is -2.31.